The van der Waals surface area contributed by atoms with E-state index in [0.29, 0.717) is 40.9 Å². The molecule has 41 heavy (non-hydrogen) atoms. The van der Waals surface area contributed by atoms with E-state index in [1.54, 1.807) is 42.5 Å². The van der Waals surface area contributed by atoms with Crippen LogP contribution in [-0.4, -0.2) is 47.1 Å². The SMILES string of the molecule is CCOc1ccc(NC(=O)CN2C(=O)S/C(=C/c3cc(Cl)c(OCc4cccc([N+](=O)[O-])c4)c(OC)c3)C2=O)cc1. The van der Waals surface area contributed by atoms with Crippen molar-refractivity contribution >= 4 is 57.9 Å². The molecule has 0 unspecified atom stereocenters. The molecular weight excluding hydrogens is 574 g/mol. The van der Waals surface area contributed by atoms with Gasteiger partial charge in [0.05, 0.1) is 28.6 Å². The Morgan fingerprint density at radius 2 is 1.88 bits per heavy atom. The van der Waals surface area contributed by atoms with E-state index in [-0.39, 0.29) is 33.7 Å². The van der Waals surface area contributed by atoms with Crippen molar-refractivity contribution in [2.24, 2.45) is 0 Å². The number of rotatable bonds is 11. The molecule has 0 aromatic heterocycles. The zero-order valence-electron chi connectivity index (χ0n) is 21.9. The van der Waals surface area contributed by atoms with Crippen LogP contribution < -0.4 is 19.5 Å². The van der Waals surface area contributed by atoms with Gasteiger partial charge in [-0.1, -0.05) is 23.7 Å². The summed E-state index contributed by atoms with van der Waals surface area (Å²) in [6, 6.07) is 15.8. The highest BCUT2D eigenvalue weighted by molar-refractivity contribution is 8.18. The first-order valence-electron chi connectivity index (χ1n) is 12.2. The zero-order chi connectivity index (χ0) is 29.5. The number of halogens is 1. The van der Waals surface area contributed by atoms with E-state index in [0.717, 1.165) is 4.90 Å². The average Bonchev–Trinajstić information content (AvgIpc) is 3.20. The van der Waals surface area contributed by atoms with Gasteiger partial charge in [-0.2, -0.15) is 0 Å². The molecule has 11 nitrogen and oxygen atoms in total. The summed E-state index contributed by atoms with van der Waals surface area (Å²) in [5, 5.41) is 13.3. The number of imide groups is 1. The first kappa shape index (κ1) is 29.4. The molecule has 1 heterocycles. The second-order valence-electron chi connectivity index (χ2n) is 8.52. The first-order chi connectivity index (χ1) is 19.7. The zero-order valence-corrected chi connectivity index (χ0v) is 23.5. The first-order valence-corrected chi connectivity index (χ1v) is 13.4. The van der Waals surface area contributed by atoms with E-state index in [2.05, 4.69) is 5.32 Å². The summed E-state index contributed by atoms with van der Waals surface area (Å²) in [6.07, 6.45) is 1.47. The Hall–Kier alpha value is -4.55. The van der Waals surface area contributed by atoms with Gasteiger partial charge in [-0.25, -0.2) is 0 Å². The summed E-state index contributed by atoms with van der Waals surface area (Å²) in [5.41, 5.74) is 1.44. The number of nitro groups is 1. The van der Waals surface area contributed by atoms with Gasteiger partial charge in [0.2, 0.25) is 5.91 Å². The Bertz CT molecular complexity index is 1530. The van der Waals surface area contributed by atoms with Crippen LogP contribution in [0.2, 0.25) is 5.02 Å². The Kier molecular flexibility index (Phi) is 9.48. The van der Waals surface area contributed by atoms with Crippen molar-refractivity contribution in [1.82, 2.24) is 4.90 Å². The Morgan fingerprint density at radius 1 is 1.12 bits per heavy atom. The highest BCUT2D eigenvalue weighted by Gasteiger charge is 2.36. The number of carbonyl (C=O) groups excluding carboxylic acids is 3. The molecule has 3 aromatic rings. The van der Waals surface area contributed by atoms with Gasteiger partial charge >= 0.3 is 0 Å². The van der Waals surface area contributed by atoms with Gasteiger partial charge in [0.25, 0.3) is 16.8 Å². The van der Waals surface area contributed by atoms with Crippen LogP contribution in [0.5, 0.6) is 17.2 Å². The lowest BCUT2D eigenvalue weighted by Gasteiger charge is -2.14. The standard InChI is InChI=1S/C28H24ClN3O8S/c1-3-39-21-9-7-19(8-10-21)30-25(33)15-31-27(34)24(41-28(31)35)14-18-12-22(29)26(23(13-18)38-2)40-16-17-5-4-6-20(11-17)32(36)37/h4-14H,3,15-16H2,1-2H3,(H,30,33)/b24-14+. The molecule has 1 N–H and O–H groups in total. The molecule has 0 spiro atoms. The van der Waals surface area contributed by atoms with Crippen LogP contribution in [-0.2, 0) is 16.2 Å². The second kappa shape index (κ2) is 13.2. The summed E-state index contributed by atoms with van der Waals surface area (Å²) < 4.78 is 16.6. The lowest BCUT2D eigenvalue weighted by Crippen LogP contribution is -2.36. The molecule has 0 bridgehead atoms. The fraction of sp³-hybridized carbons (Fsp3) is 0.179. The van der Waals surface area contributed by atoms with Crippen LogP contribution in [0.4, 0.5) is 16.2 Å². The topological polar surface area (TPSA) is 137 Å². The molecule has 0 radical (unpaired) electrons. The number of benzene rings is 3. The van der Waals surface area contributed by atoms with Gasteiger partial charge in [0, 0.05) is 17.8 Å². The number of amides is 3. The van der Waals surface area contributed by atoms with Gasteiger partial charge in [0.15, 0.2) is 11.5 Å². The maximum absolute atomic E-state index is 12.9. The Morgan fingerprint density at radius 3 is 2.56 bits per heavy atom. The van der Waals surface area contributed by atoms with Crippen molar-refractivity contribution in [2.75, 3.05) is 25.6 Å². The number of hydrogen-bond donors (Lipinski definition) is 1. The number of carbonyl (C=O) groups is 3. The Balaban J connectivity index is 1.44. The summed E-state index contributed by atoms with van der Waals surface area (Å²) >= 11 is 7.14. The van der Waals surface area contributed by atoms with E-state index in [9.17, 15) is 24.5 Å². The monoisotopic (exact) mass is 597 g/mol. The molecule has 13 heteroatoms. The fourth-order valence-electron chi connectivity index (χ4n) is 3.81. The van der Waals surface area contributed by atoms with Crippen LogP contribution in [0.3, 0.4) is 0 Å². The van der Waals surface area contributed by atoms with E-state index < -0.39 is 28.5 Å². The maximum atomic E-state index is 12.9. The van der Waals surface area contributed by atoms with Crippen molar-refractivity contribution < 1.29 is 33.5 Å². The third kappa shape index (κ3) is 7.35. The van der Waals surface area contributed by atoms with E-state index in [1.807, 2.05) is 6.92 Å². The van der Waals surface area contributed by atoms with Gasteiger partial charge in [-0.3, -0.25) is 29.4 Å². The number of thioether (sulfide) groups is 1. The largest absolute Gasteiger partial charge is 0.494 e. The van der Waals surface area contributed by atoms with Crippen molar-refractivity contribution in [2.45, 2.75) is 13.5 Å². The highest BCUT2D eigenvalue weighted by Crippen LogP contribution is 2.39. The van der Waals surface area contributed by atoms with Gasteiger partial charge in [0.1, 0.15) is 18.9 Å². The highest BCUT2D eigenvalue weighted by atomic mass is 35.5. The number of nitro benzene ring substituents is 1. The van der Waals surface area contributed by atoms with Crippen molar-refractivity contribution in [3.05, 3.63) is 91.8 Å². The van der Waals surface area contributed by atoms with Crippen LogP contribution in [0.15, 0.2) is 65.6 Å². The smallest absolute Gasteiger partial charge is 0.294 e. The molecular formula is C28H24ClN3O8S. The van der Waals surface area contributed by atoms with E-state index >= 15 is 0 Å². The molecule has 1 fully saturated rings. The molecule has 3 amide bonds. The minimum Gasteiger partial charge on any atom is -0.494 e. The lowest BCUT2D eigenvalue weighted by atomic mass is 10.1. The number of anilines is 1. The van der Waals surface area contributed by atoms with Crippen LogP contribution in [0, 0.1) is 10.1 Å². The minimum absolute atomic E-state index is 0.00524. The normalized spacial score (nSPS) is 13.8. The van der Waals surface area contributed by atoms with Crippen LogP contribution in [0.1, 0.15) is 18.1 Å². The summed E-state index contributed by atoms with van der Waals surface area (Å²) in [7, 11) is 1.41. The second-order valence-corrected chi connectivity index (χ2v) is 9.92. The van der Waals surface area contributed by atoms with E-state index in [1.165, 1.54) is 31.4 Å². The number of nitrogens with one attached hydrogen (secondary N) is 1. The molecule has 212 valence electrons. The molecule has 1 aliphatic heterocycles. The number of hydrogen-bond acceptors (Lipinski definition) is 9. The van der Waals surface area contributed by atoms with Crippen molar-refractivity contribution in [1.29, 1.82) is 0 Å². The predicted molar refractivity (Wildman–Crippen MR) is 154 cm³/mol. The number of ether oxygens (including phenoxy) is 3. The Labute approximate surface area is 244 Å². The predicted octanol–water partition coefficient (Wildman–Crippen LogP) is 5.91. The molecule has 4 rings (SSSR count). The molecule has 0 saturated carbocycles. The number of nitrogens with zero attached hydrogens (tertiary/aromatic N) is 2. The minimum atomic E-state index is -0.622. The molecule has 0 atom stereocenters. The fourth-order valence-corrected chi connectivity index (χ4v) is 4.92. The maximum Gasteiger partial charge on any atom is 0.294 e. The van der Waals surface area contributed by atoms with Gasteiger partial charge in [-0.15, -0.1) is 0 Å². The third-order valence-electron chi connectivity index (χ3n) is 5.68. The molecule has 1 aliphatic rings. The van der Waals surface area contributed by atoms with Gasteiger partial charge in [-0.05, 0) is 72.3 Å². The van der Waals surface area contributed by atoms with Crippen molar-refractivity contribution in [3.63, 3.8) is 0 Å². The van der Waals surface area contributed by atoms with Crippen LogP contribution >= 0.6 is 23.4 Å². The van der Waals surface area contributed by atoms with E-state index in [4.69, 9.17) is 25.8 Å². The number of methoxy groups -OCH3 is 1. The average molecular weight is 598 g/mol. The van der Waals surface area contributed by atoms with Crippen molar-refractivity contribution in [3.8, 4) is 17.2 Å². The van der Waals surface area contributed by atoms with Crippen LogP contribution in [0.25, 0.3) is 6.08 Å². The summed E-state index contributed by atoms with van der Waals surface area (Å²) in [5.74, 6) is -0.0454. The number of non-ortho nitro benzene ring substituents is 1. The quantitative estimate of drug-likeness (QED) is 0.162. The lowest BCUT2D eigenvalue weighted by molar-refractivity contribution is -0.384. The molecule has 1 saturated heterocycles. The molecule has 3 aromatic carbocycles. The molecule has 0 aliphatic carbocycles. The van der Waals surface area contributed by atoms with Gasteiger partial charge < -0.3 is 19.5 Å². The summed E-state index contributed by atoms with van der Waals surface area (Å²) in [6.45, 7) is 1.91. The summed E-state index contributed by atoms with van der Waals surface area (Å²) in [4.78, 5) is 49.5. The third-order valence-corrected chi connectivity index (χ3v) is 6.87.